The van der Waals surface area contributed by atoms with Crippen LogP contribution in [0.1, 0.15) is 64.6 Å². The number of amides is 2. The number of hydrogen-bond donors (Lipinski definition) is 0. The summed E-state index contributed by atoms with van der Waals surface area (Å²) < 4.78 is 11.2. The summed E-state index contributed by atoms with van der Waals surface area (Å²) in [4.78, 5) is 30.0. The fraction of sp³-hybridized carbons (Fsp3) is 0.739. The van der Waals surface area contributed by atoms with Crippen LogP contribution in [0.3, 0.4) is 0 Å². The first kappa shape index (κ1) is 21.9. The van der Waals surface area contributed by atoms with Crippen molar-refractivity contribution in [2.75, 3.05) is 26.2 Å². The van der Waals surface area contributed by atoms with Gasteiger partial charge in [0.15, 0.2) is 0 Å². The lowest BCUT2D eigenvalue weighted by molar-refractivity contribution is -0.145. The van der Waals surface area contributed by atoms with E-state index in [4.69, 9.17) is 9.15 Å². The van der Waals surface area contributed by atoms with Gasteiger partial charge in [0.25, 0.3) is 0 Å². The van der Waals surface area contributed by atoms with E-state index in [0.717, 1.165) is 50.9 Å². The second kappa shape index (κ2) is 10.8. The fourth-order valence-corrected chi connectivity index (χ4v) is 4.42. The van der Waals surface area contributed by atoms with Crippen LogP contribution in [0.2, 0.25) is 0 Å². The highest BCUT2D eigenvalue weighted by Crippen LogP contribution is 2.26. The molecule has 6 heteroatoms. The highest BCUT2D eigenvalue weighted by molar-refractivity contribution is 5.86. The summed E-state index contributed by atoms with van der Waals surface area (Å²) in [5.41, 5.74) is 0. The SMILES string of the molecule is CC(C)CN(CC(=O)N(Cc1ccco1)CC1CCCO1)C(=O)C1CCCCC1. The first-order valence-electron chi connectivity index (χ1n) is 11.2. The molecule has 1 saturated carbocycles. The molecule has 6 nitrogen and oxygen atoms in total. The highest BCUT2D eigenvalue weighted by atomic mass is 16.5. The summed E-state index contributed by atoms with van der Waals surface area (Å²) in [7, 11) is 0. The minimum absolute atomic E-state index is 0.0262. The van der Waals surface area contributed by atoms with Crippen LogP contribution < -0.4 is 0 Å². The number of carbonyl (C=O) groups excluding carboxylic acids is 2. The first-order chi connectivity index (χ1) is 14.0. The lowest BCUT2D eigenvalue weighted by Crippen LogP contribution is -2.47. The van der Waals surface area contributed by atoms with Crippen LogP contribution in [0, 0.1) is 11.8 Å². The van der Waals surface area contributed by atoms with Gasteiger partial charge in [-0.25, -0.2) is 0 Å². The molecule has 1 aromatic heterocycles. The quantitative estimate of drug-likeness (QED) is 0.627. The van der Waals surface area contributed by atoms with E-state index < -0.39 is 0 Å². The molecule has 2 heterocycles. The van der Waals surface area contributed by atoms with E-state index in [1.807, 2.05) is 12.1 Å². The average Bonchev–Trinajstić information content (AvgIpc) is 3.41. The Hall–Kier alpha value is -1.82. The summed E-state index contributed by atoms with van der Waals surface area (Å²) in [5, 5.41) is 0. The Morgan fingerprint density at radius 2 is 1.90 bits per heavy atom. The van der Waals surface area contributed by atoms with Gasteiger partial charge in [0.05, 0.1) is 25.5 Å². The number of furan rings is 1. The molecule has 0 spiro atoms. The molecule has 1 aromatic rings. The molecule has 3 rings (SSSR count). The van der Waals surface area contributed by atoms with Crippen molar-refractivity contribution in [2.45, 2.75) is 71.4 Å². The zero-order valence-electron chi connectivity index (χ0n) is 18.0. The molecule has 1 aliphatic heterocycles. The van der Waals surface area contributed by atoms with Crippen molar-refractivity contribution < 1.29 is 18.7 Å². The lowest BCUT2D eigenvalue weighted by atomic mass is 9.88. The second-order valence-corrected chi connectivity index (χ2v) is 8.94. The van der Waals surface area contributed by atoms with E-state index in [2.05, 4.69) is 13.8 Å². The summed E-state index contributed by atoms with van der Waals surface area (Å²) >= 11 is 0. The van der Waals surface area contributed by atoms with Crippen molar-refractivity contribution in [3.05, 3.63) is 24.2 Å². The summed E-state index contributed by atoms with van der Waals surface area (Å²) in [5.74, 6) is 1.29. The van der Waals surface area contributed by atoms with Gasteiger partial charge in [-0.05, 0) is 43.7 Å². The summed E-state index contributed by atoms with van der Waals surface area (Å²) in [6.45, 7) is 6.67. The molecule has 1 saturated heterocycles. The maximum atomic E-state index is 13.3. The van der Waals surface area contributed by atoms with E-state index in [1.54, 1.807) is 16.1 Å². The Balaban J connectivity index is 1.67. The van der Waals surface area contributed by atoms with Crippen molar-refractivity contribution in [3.8, 4) is 0 Å². The van der Waals surface area contributed by atoms with Gasteiger partial charge in [0, 0.05) is 25.6 Å². The minimum Gasteiger partial charge on any atom is -0.467 e. The molecule has 0 aromatic carbocycles. The van der Waals surface area contributed by atoms with E-state index in [9.17, 15) is 9.59 Å². The average molecular weight is 405 g/mol. The van der Waals surface area contributed by atoms with Crippen LogP contribution in [-0.2, 0) is 20.9 Å². The third kappa shape index (κ3) is 6.59. The number of ether oxygens (including phenoxy) is 1. The Kier molecular flexibility index (Phi) is 8.16. The van der Waals surface area contributed by atoms with Crippen LogP contribution >= 0.6 is 0 Å². The Morgan fingerprint density at radius 1 is 1.10 bits per heavy atom. The Morgan fingerprint density at radius 3 is 2.52 bits per heavy atom. The van der Waals surface area contributed by atoms with Crippen molar-refractivity contribution in [3.63, 3.8) is 0 Å². The van der Waals surface area contributed by atoms with Crippen LogP contribution in [0.15, 0.2) is 22.8 Å². The molecular weight excluding hydrogens is 368 g/mol. The molecule has 29 heavy (non-hydrogen) atoms. The van der Waals surface area contributed by atoms with E-state index in [1.165, 1.54) is 6.42 Å². The van der Waals surface area contributed by atoms with Gasteiger partial charge in [0.2, 0.25) is 11.8 Å². The maximum absolute atomic E-state index is 13.3. The fourth-order valence-electron chi connectivity index (χ4n) is 4.42. The zero-order valence-corrected chi connectivity index (χ0v) is 18.0. The molecule has 2 aliphatic rings. The van der Waals surface area contributed by atoms with Gasteiger partial charge >= 0.3 is 0 Å². The van der Waals surface area contributed by atoms with Crippen molar-refractivity contribution in [2.24, 2.45) is 11.8 Å². The number of hydrogen-bond acceptors (Lipinski definition) is 4. The number of rotatable bonds is 9. The molecule has 2 fully saturated rings. The maximum Gasteiger partial charge on any atom is 0.242 e. The molecule has 0 N–H and O–H groups in total. The number of carbonyl (C=O) groups is 2. The largest absolute Gasteiger partial charge is 0.467 e. The summed E-state index contributed by atoms with van der Waals surface area (Å²) in [6, 6.07) is 3.72. The molecule has 1 unspecified atom stereocenters. The van der Waals surface area contributed by atoms with E-state index in [0.29, 0.717) is 25.6 Å². The molecule has 2 amide bonds. The van der Waals surface area contributed by atoms with E-state index >= 15 is 0 Å². The summed E-state index contributed by atoms with van der Waals surface area (Å²) in [6.07, 6.45) is 9.05. The smallest absolute Gasteiger partial charge is 0.242 e. The van der Waals surface area contributed by atoms with Crippen LogP contribution in [0.5, 0.6) is 0 Å². The van der Waals surface area contributed by atoms with Gasteiger partial charge in [-0.1, -0.05) is 33.1 Å². The van der Waals surface area contributed by atoms with Crippen LogP contribution in [0.25, 0.3) is 0 Å². The van der Waals surface area contributed by atoms with Gasteiger partial charge in [0.1, 0.15) is 5.76 Å². The predicted octanol–water partition coefficient (Wildman–Crippen LogP) is 3.85. The monoisotopic (exact) mass is 404 g/mol. The predicted molar refractivity (Wildman–Crippen MR) is 111 cm³/mol. The van der Waals surface area contributed by atoms with Crippen molar-refractivity contribution in [1.82, 2.24) is 9.80 Å². The number of nitrogens with zero attached hydrogens (tertiary/aromatic N) is 2. The van der Waals surface area contributed by atoms with Crippen molar-refractivity contribution >= 4 is 11.8 Å². The van der Waals surface area contributed by atoms with E-state index in [-0.39, 0.29) is 30.4 Å². The van der Waals surface area contributed by atoms with Gasteiger partial charge in [-0.3, -0.25) is 9.59 Å². The van der Waals surface area contributed by atoms with Crippen molar-refractivity contribution in [1.29, 1.82) is 0 Å². The van der Waals surface area contributed by atoms with Gasteiger partial charge in [-0.15, -0.1) is 0 Å². The molecule has 0 bridgehead atoms. The normalized spacial score (nSPS) is 20.2. The molecular formula is C23H36N2O4. The molecule has 0 radical (unpaired) electrons. The van der Waals surface area contributed by atoms with Gasteiger partial charge < -0.3 is 19.0 Å². The standard InChI is InChI=1S/C23H36N2O4/c1-18(2)14-25(23(27)19-8-4-3-5-9-19)17-22(26)24(15-20-10-6-12-28-20)16-21-11-7-13-29-21/h6,10,12,18-19,21H,3-5,7-9,11,13-17H2,1-2H3. The lowest BCUT2D eigenvalue weighted by Gasteiger charge is -2.32. The minimum atomic E-state index is -0.0262. The Labute approximate surface area is 174 Å². The molecule has 162 valence electrons. The van der Waals surface area contributed by atoms with Crippen LogP contribution in [0.4, 0.5) is 0 Å². The third-order valence-corrected chi connectivity index (χ3v) is 5.91. The third-order valence-electron chi connectivity index (χ3n) is 5.91. The topological polar surface area (TPSA) is 63.0 Å². The first-order valence-corrected chi connectivity index (χ1v) is 11.2. The zero-order chi connectivity index (χ0) is 20.6. The van der Waals surface area contributed by atoms with Gasteiger partial charge in [-0.2, -0.15) is 0 Å². The molecule has 1 aliphatic carbocycles. The van der Waals surface area contributed by atoms with Crippen LogP contribution in [-0.4, -0.2) is 54.0 Å². The Bertz CT molecular complexity index is 631. The highest BCUT2D eigenvalue weighted by Gasteiger charge is 2.30. The molecule has 1 atom stereocenters. The second-order valence-electron chi connectivity index (χ2n) is 8.94.